The maximum Gasteiger partial charge on any atom is 0.437 e. The normalized spacial score (nSPS) is 17.7. The molecule has 2 aliphatic rings. The van der Waals surface area contributed by atoms with Gasteiger partial charge in [0.1, 0.15) is 5.82 Å². The molecule has 0 spiro atoms. The average Bonchev–Trinajstić information content (AvgIpc) is 3.74. The number of anilines is 3. The minimum atomic E-state index is -4.91. The van der Waals surface area contributed by atoms with Crippen LogP contribution < -0.4 is 15.1 Å². The quantitative estimate of drug-likeness (QED) is 0.273. The summed E-state index contributed by atoms with van der Waals surface area (Å²) in [5, 5.41) is 13.5. The van der Waals surface area contributed by atoms with Gasteiger partial charge in [-0.25, -0.2) is 4.98 Å². The zero-order valence-electron chi connectivity index (χ0n) is 24.5. The largest absolute Gasteiger partial charge is 0.437 e. The van der Waals surface area contributed by atoms with Crippen LogP contribution >= 0.6 is 11.6 Å². The van der Waals surface area contributed by atoms with Gasteiger partial charge in [-0.15, -0.1) is 0 Å². The number of piperazine rings is 1. The molecular formula is C32H30ClF3N6O4. The number of rotatable bonds is 7. The summed E-state index contributed by atoms with van der Waals surface area (Å²) in [5.74, 6) is -1.83. The van der Waals surface area contributed by atoms with E-state index < -0.39 is 29.6 Å². The molecule has 2 N–H and O–H groups in total. The third kappa shape index (κ3) is 6.80. The first-order valence-corrected chi connectivity index (χ1v) is 15.1. The molecule has 1 unspecified atom stereocenters. The van der Waals surface area contributed by atoms with E-state index in [0.717, 1.165) is 5.56 Å². The lowest BCUT2D eigenvalue weighted by Crippen LogP contribution is -2.50. The molecule has 0 bridgehead atoms. The van der Waals surface area contributed by atoms with Gasteiger partial charge in [0.25, 0.3) is 17.8 Å². The molecule has 46 heavy (non-hydrogen) atoms. The van der Waals surface area contributed by atoms with Gasteiger partial charge in [-0.1, -0.05) is 54.1 Å². The van der Waals surface area contributed by atoms with Gasteiger partial charge in [-0.3, -0.25) is 9.59 Å². The van der Waals surface area contributed by atoms with Gasteiger partial charge < -0.3 is 29.5 Å². The minimum absolute atomic E-state index is 0.0196. The molecule has 2 saturated heterocycles. The second kappa shape index (κ2) is 13.0. The number of carbonyl (C=O) groups is 2. The number of aromatic nitrogens is 2. The molecule has 2 aromatic carbocycles. The Hall–Kier alpha value is -4.62. The van der Waals surface area contributed by atoms with Gasteiger partial charge in [0, 0.05) is 50.2 Å². The van der Waals surface area contributed by atoms with Crippen molar-refractivity contribution in [3.8, 4) is 0 Å². The van der Waals surface area contributed by atoms with E-state index in [1.807, 2.05) is 23.1 Å². The molecule has 2 atom stereocenters. The number of nitrogens with one attached hydrogen (secondary N) is 1. The monoisotopic (exact) mass is 654 g/mol. The van der Waals surface area contributed by atoms with Crippen LogP contribution in [-0.2, 0) is 11.0 Å². The van der Waals surface area contributed by atoms with E-state index in [0.29, 0.717) is 62.1 Å². The Labute approximate surface area is 267 Å². The number of hydrogen-bond acceptors (Lipinski definition) is 8. The Morgan fingerprint density at radius 2 is 1.74 bits per heavy atom. The predicted molar refractivity (Wildman–Crippen MR) is 165 cm³/mol. The van der Waals surface area contributed by atoms with Crippen molar-refractivity contribution in [2.75, 3.05) is 54.4 Å². The van der Waals surface area contributed by atoms with E-state index in [4.69, 9.17) is 16.0 Å². The summed E-state index contributed by atoms with van der Waals surface area (Å²) in [6, 6.07) is 18.9. The number of carbonyl (C=O) groups excluding carboxylic acids is 2. The van der Waals surface area contributed by atoms with Crippen molar-refractivity contribution >= 4 is 40.9 Å². The van der Waals surface area contributed by atoms with Gasteiger partial charge in [0.2, 0.25) is 5.76 Å². The summed E-state index contributed by atoms with van der Waals surface area (Å²) in [6.45, 7) is 2.41. The number of halogens is 4. The van der Waals surface area contributed by atoms with Crippen LogP contribution in [0.1, 0.15) is 45.8 Å². The van der Waals surface area contributed by atoms with Crippen LogP contribution in [0.4, 0.5) is 30.7 Å². The van der Waals surface area contributed by atoms with Crippen molar-refractivity contribution in [2.24, 2.45) is 0 Å². The predicted octanol–water partition coefficient (Wildman–Crippen LogP) is 5.37. The van der Waals surface area contributed by atoms with E-state index in [9.17, 15) is 27.9 Å². The molecule has 10 nitrogen and oxygen atoms in total. The molecule has 0 radical (unpaired) electrons. The minimum Gasteiger partial charge on any atom is -0.417 e. The number of benzene rings is 2. The van der Waals surface area contributed by atoms with Crippen molar-refractivity contribution in [2.45, 2.75) is 24.6 Å². The maximum atomic E-state index is 13.9. The number of aliphatic hydroxyl groups excluding tert-OH is 1. The second-order valence-electron chi connectivity index (χ2n) is 11.1. The lowest BCUT2D eigenvalue weighted by Gasteiger charge is -2.36. The summed E-state index contributed by atoms with van der Waals surface area (Å²) >= 11 is 6.10. The van der Waals surface area contributed by atoms with Crippen LogP contribution in [-0.4, -0.2) is 71.1 Å². The molecule has 2 amide bonds. The van der Waals surface area contributed by atoms with Crippen LogP contribution in [0.2, 0.25) is 5.02 Å². The number of hydrogen-bond donors (Lipinski definition) is 2. The van der Waals surface area contributed by atoms with Crippen LogP contribution in [0.15, 0.2) is 77.3 Å². The summed E-state index contributed by atoms with van der Waals surface area (Å²) < 4.78 is 47.2. The van der Waals surface area contributed by atoms with Gasteiger partial charge in [0.15, 0.2) is 11.8 Å². The van der Waals surface area contributed by atoms with Gasteiger partial charge in [0.05, 0.1) is 11.9 Å². The highest BCUT2D eigenvalue weighted by Crippen LogP contribution is 2.37. The Morgan fingerprint density at radius 1 is 0.978 bits per heavy atom. The number of aliphatic hydroxyl groups is 1. The molecule has 6 rings (SSSR count). The third-order valence-corrected chi connectivity index (χ3v) is 8.37. The zero-order chi connectivity index (χ0) is 32.4. The molecule has 4 heterocycles. The molecule has 4 aromatic rings. The van der Waals surface area contributed by atoms with Gasteiger partial charge in [-0.2, -0.15) is 18.2 Å². The first-order valence-electron chi connectivity index (χ1n) is 14.7. The number of pyridine rings is 1. The van der Waals surface area contributed by atoms with Gasteiger partial charge in [-0.05, 0) is 41.8 Å². The number of alkyl halides is 3. The van der Waals surface area contributed by atoms with Crippen molar-refractivity contribution in [1.82, 2.24) is 14.9 Å². The highest BCUT2D eigenvalue weighted by molar-refractivity contribution is 6.30. The topological polar surface area (TPSA) is 115 Å². The van der Waals surface area contributed by atoms with Gasteiger partial charge >= 0.3 is 6.18 Å². The summed E-state index contributed by atoms with van der Waals surface area (Å²) in [4.78, 5) is 38.9. The molecule has 2 aliphatic heterocycles. The summed E-state index contributed by atoms with van der Waals surface area (Å²) in [7, 11) is 0. The van der Waals surface area contributed by atoms with E-state index in [1.165, 1.54) is 12.3 Å². The Kier molecular flexibility index (Phi) is 8.87. The molecule has 240 valence electrons. The maximum absolute atomic E-state index is 13.9. The number of oxazole rings is 1. The van der Waals surface area contributed by atoms with E-state index in [2.05, 4.69) is 15.3 Å². The standard InChI is InChI=1S/C32H30ClF3N6O4/c33-23-8-4-7-21(17-23)22-11-12-42(19-22)31-39-28(32(34,35)36)27(46-31)29(44)38-24-9-10-25(37-18-24)40-13-15-41(16-14-40)30(45)26(43)20-5-2-1-3-6-20/h1-10,17-18,22,26,43H,11-16,19H2,(H,38,44)/t22?,26-/m1/s1. The second-order valence-corrected chi connectivity index (χ2v) is 11.6. The van der Waals surface area contributed by atoms with E-state index >= 15 is 0 Å². The third-order valence-electron chi connectivity index (χ3n) is 8.14. The summed E-state index contributed by atoms with van der Waals surface area (Å²) in [6.07, 6.45) is -4.16. The zero-order valence-corrected chi connectivity index (χ0v) is 25.2. The van der Waals surface area contributed by atoms with Crippen LogP contribution in [0.5, 0.6) is 0 Å². The summed E-state index contributed by atoms with van der Waals surface area (Å²) in [5.41, 5.74) is 0.253. The smallest absolute Gasteiger partial charge is 0.417 e. The Bertz CT molecular complexity index is 1690. The number of nitrogens with zero attached hydrogens (tertiary/aromatic N) is 5. The highest BCUT2D eigenvalue weighted by Gasteiger charge is 2.42. The van der Waals surface area contributed by atoms with Crippen LogP contribution in [0.25, 0.3) is 0 Å². The Morgan fingerprint density at radius 3 is 2.41 bits per heavy atom. The van der Waals surface area contributed by atoms with E-state index in [-0.39, 0.29) is 23.5 Å². The molecule has 14 heteroatoms. The molecule has 2 fully saturated rings. The SMILES string of the molecule is O=C(Nc1ccc(N2CCN(C(=O)[C@H](O)c3ccccc3)CC2)nc1)c1oc(N2CCC(c3cccc(Cl)c3)C2)nc1C(F)(F)F. The fourth-order valence-corrected chi connectivity index (χ4v) is 5.90. The van der Waals surface area contributed by atoms with Crippen molar-refractivity contribution in [3.63, 3.8) is 0 Å². The van der Waals surface area contributed by atoms with Crippen molar-refractivity contribution in [1.29, 1.82) is 0 Å². The highest BCUT2D eigenvalue weighted by atomic mass is 35.5. The average molecular weight is 655 g/mol. The number of amides is 2. The molecule has 0 saturated carbocycles. The fourth-order valence-electron chi connectivity index (χ4n) is 5.70. The van der Waals surface area contributed by atoms with Crippen LogP contribution in [0.3, 0.4) is 0 Å². The van der Waals surface area contributed by atoms with Crippen molar-refractivity contribution < 1.29 is 32.3 Å². The molecule has 0 aliphatic carbocycles. The lowest BCUT2D eigenvalue weighted by molar-refractivity contribution is -0.142. The lowest BCUT2D eigenvalue weighted by atomic mass is 9.99. The van der Waals surface area contributed by atoms with Crippen LogP contribution in [0, 0.1) is 0 Å². The molecule has 2 aromatic heterocycles. The molecular weight excluding hydrogens is 625 g/mol. The first-order chi connectivity index (χ1) is 22.1. The van der Waals surface area contributed by atoms with Crippen molar-refractivity contribution in [3.05, 3.63) is 101 Å². The fraction of sp³-hybridized carbons (Fsp3) is 0.312. The Balaban J connectivity index is 1.08. The van der Waals surface area contributed by atoms with E-state index in [1.54, 1.807) is 52.3 Å². The first kappa shape index (κ1) is 31.4.